The molecule has 3 nitrogen and oxygen atoms in total. The number of rotatable bonds is 2. The average Bonchev–Trinajstić information content (AvgIpc) is 2.84. The van der Waals surface area contributed by atoms with Crippen molar-refractivity contribution >= 4 is 22.7 Å². The molecule has 2 heterocycles. The molecule has 0 aliphatic carbocycles. The molecule has 0 saturated heterocycles. The molecule has 0 fully saturated rings. The summed E-state index contributed by atoms with van der Waals surface area (Å²) >= 11 is 1.80. The first-order chi connectivity index (χ1) is 8.63. The Bertz CT molecular complexity index is 569. The molecule has 0 bridgehead atoms. The molecule has 0 atom stereocenters. The van der Waals surface area contributed by atoms with Crippen molar-refractivity contribution in [3.8, 4) is 0 Å². The van der Waals surface area contributed by atoms with Gasteiger partial charge in [-0.15, -0.1) is 11.3 Å². The number of nitrogens with zero attached hydrogens (tertiary/aromatic N) is 2. The van der Waals surface area contributed by atoms with Gasteiger partial charge in [0.1, 0.15) is 5.01 Å². The van der Waals surface area contributed by atoms with E-state index in [1.165, 1.54) is 21.1 Å². The minimum atomic E-state index is 0.858. The van der Waals surface area contributed by atoms with Crippen LogP contribution in [0, 0.1) is 13.8 Å². The molecule has 1 aromatic carbocycles. The van der Waals surface area contributed by atoms with E-state index in [1.807, 2.05) is 6.07 Å². The third-order valence-corrected chi connectivity index (χ3v) is 4.55. The van der Waals surface area contributed by atoms with Crippen LogP contribution in [0.3, 0.4) is 0 Å². The first-order valence-corrected chi connectivity index (χ1v) is 7.01. The Kier molecular flexibility index (Phi) is 2.74. The minimum absolute atomic E-state index is 0.858. The van der Waals surface area contributed by atoms with Crippen LogP contribution in [0.4, 0.5) is 11.4 Å². The van der Waals surface area contributed by atoms with Crippen molar-refractivity contribution in [2.45, 2.75) is 26.8 Å². The maximum atomic E-state index is 5.82. The zero-order valence-electron chi connectivity index (χ0n) is 10.7. The van der Waals surface area contributed by atoms with Crippen LogP contribution in [0.25, 0.3) is 0 Å². The second-order valence-corrected chi connectivity index (χ2v) is 6.10. The number of hydrogen-bond donors (Lipinski definition) is 1. The number of thiazole rings is 1. The number of benzene rings is 1. The first-order valence-electron chi connectivity index (χ1n) is 6.20. The fourth-order valence-electron chi connectivity index (χ4n) is 2.42. The van der Waals surface area contributed by atoms with Gasteiger partial charge in [0.2, 0.25) is 0 Å². The Morgan fingerprint density at radius 2 is 2.22 bits per heavy atom. The number of hydrogen-bond acceptors (Lipinski definition) is 4. The molecule has 2 N–H and O–H groups in total. The molecule has 2 aromatic rings. The van der Waals surface area contributed by atoms with E-state index < -0.39 is 0 Å². The molecule has 0 radical (unpaired) electrons. The van der Waals surface area contributed by atoms with E-state index in [-0.39, 0.29) is 0 Å². The third kappa shape index (κ3) is 1.97. The van der Waals surface area contributed by atoms with Crippen LogP contribution in [0.15, 0.2) is 18.2 Å². The summed E-state index contributed by atoms with van der Waals surface area (Å²) in [6.07, 6.45) is 1.09. The highest BCUT2D eigenvalue weighted by Gasteiger charge is 2.20. The SMILES string of the molecule is Cc1nc(CN2CCc3cc(N)ccc32)sc1C. The lowest BCUT2D eigenvalue weighted by Crippen LogP contribution is -2.19. The molecule has 4 heteroatoms. The quantitative estimate of drug-likeness (QED) is 0.843. The Hall–Kier alpha value is -1.55. The second-order valence-electron chi connectivity index (χ2n) is 4.81. The van der Waals surface area contributed by atoms with Crippen LogP contribution < -0.4 is 10.6 Å². The average molecular weight is 259 g/mol. The molecule has 3 rings (SSSR count). The smallest absolute Gasteiger partial charge is 0.112 e. The molecule has 1 aromatic heterocycles. The van der Waals surface area contributed by atoms with Gasteiger partial charge < -0.3 is 10.6 Å². The van der Waals surface area contributed by atoms with Gasteiger partial charge in [0.15, 0.2) is 0 Å². The van der Waals surface area contributed by atoms with Crippen LogP contribution in [0.1, 0.15) is 21.1 Å². The van der Waals surface area contributed by atoms with Gasteiger partial charge in [-0.3, -0.25) is 0 Å². The highest BCUT2D eigenvalue weighted by Crippen LogP contribution is 2.31. The molecule has 1 aliphatic heterocycles. The van der Waals surface area contributed by atoms with Gasteiger partial charge in [-0.2, -0.15) is 0 Å². The Morgan fingerprint density at radius 1 is 1.39 bits per heavy atom. The van der Waals surface area contributed by atoms with Crippen molar-refractivity contribution in [1.29, 1.82) is 0 Å². The maximum Gasteiger partial charge on any atom is 0.112 e. The van der Waals surface area contributed by atoms with Crippen LogP contribution >= 0.6 is 11.3 Å². The summed E-state index contributed by atoms with van der Waals surface area (Å²) < 4.78 is 0. The highest BCUT2D eigenvalue weighted by atomic mass is 32.1. The zero-order valence-corrected chi connectivity index (χ0v) is 11.5. The van der Waals surface area contributed by atoms with E-state index in [9.17, 15) is 0 Å². The van der Waals surface area contributed by atoms with E-state index in [4.69, 9.17) is 5.73 Å². The van der Waals surface area contributed by atoms with E-state index >= 15 is 0 Å². The second kappa shape index (κ2) is 4.28. The van der Waals surface area contributed by atoms with E-state index in [0.717, 1.165) is 30.9 Å². The molecule has 0 unspecified atom stereocenters. The van der Waals surface area contributed by atoms with Crippen LogP contribution in [0.2, 0.25) is 0 Å². The van der Waals surface area contributed by atoms with E-state index in [0.29, 0.717) is 0 Å². The zero-order chi connectivity index (χ0) is 12.7. The number of aromatic nitrogens is 1. The number of anilines is 2. The van der Waals surface area contributed by atoms with Gasteiger partial charge in [-0.25, -0.2) is 4.98 Å². The summed E-state index contributed by atoms with van der Waals surface area (Å²) in [5.41, 5.74) is 10.5. The van der Waals surface area contributed by atoms with Crippen molar-refractivity contribution < 1.29 is 0 Å². The van der Waals surface area contributed by atoms with Gasteiger partial charge in [-0.05, 0) is 44.0 Å². The number of aryl methyl sites for hydroxylation is 2. The van der Waals surface area contributed by atoms with Gasteiger partial charge in [0.25, 0.3) is 0 Å². The van der Waals surface area contributed by atoms with Gasteiger partial charge >= 0.3 is 0 Å². The highest BCUT2D eigenvalue weighted by molar-refractivity contribution is 7.11. The fourth-order valence-corrected chi connectivity index (χ4v) is 3.37. The standard InChI is InChI=1S/C14H17N3S/c1-9-10(2)18-14(16-9)8-17-6-5-11-7-12(15)3-4-13(11)17/h3-4,7H,5-6,8,15H2,1-2H3. The monoisotopic (exact) mass is 259 g/mol. The predicted molar refractivity (Wildman–Crippen MR) is 77.2 cm³/mol. The van der Waals surface area contributed by atoms with Crippen molar-refractivity contribution in [2.24, 2.45) is 0 Å². The normalized spacial score (nSPS) is 14.0. The summed E-state index contributed by atoms with van der Waals surface area (Å²) in [7, 11) is 0. The summed E-state index contributed by atoms with van der Waals surface area (Å²) in [5, 5.41) is 1.20. The van der Waals surface area contributed by atoms with Crippen LogP contribution in [-0.2, 0) is 13.0 Å². The molecular weight excluding hydrogens is 242 g/mol. The van der Waals surface area contributed by atoms with Crippen molar-refractivity contribution in [3.63, 3.8) is 0 Å². The lowest BCUT2D eigenvalue weighted by Gasteiger charge is -2.17. The third-order valence-electron chi connectivity index (χ3n) is 3.49. The number of nitrogens with two attached hydrogens (primary N) is 1. The van der Waals surface area contributed by atoms with E-state index in [2.05, 4.69) is 35.9 Å². The molecule has 94 valence electrons. The minimum Gasteiger partial charge on any atom is -0.399 e. The summed E-state index contributed by atoms with van der Waals surface area (Å²) in [6.45, 7) is 6.19. The molecule has 0 spiro atoms. The summed E-state index contributed by atoms with van der Waals surface area (Å²) in [4.78, 5) is 8.33. The Balaban J connectivity index is 1.84. The van der Waals surface area contributed by atoms with Crippen LogP contribution in [-0.4, -0.2) is 11.5 Å². The lowest BCUT2D eigenvalue weighted by atomic mass is 10.1. The molecule has 1 aliphatic rings. The maximum absolute atomic E-state index is 5.82. The molecular formula is C14H17N3S. The largest absolute Gasteiger partial charge is 0.399 e. The Labute approximate surface area is 111 Å². The fraction of sp³-hybridized carbons (Fsp3) is 0.357. The summed E-state index contributed by atoms with van der Waals surface area (Å²) in [6, 6.07) is 6.20. The lowest BCUT2D eigenvalue weighted by molar-refractivity contribution is 0.827. The summed E-state index contributed by atoms with van der Waals surface area (Å²) in [5.74, 6) is 0. The molecule has 0 saturated carbocycles. The van der Waals surface area contributed by atoms with Crippen molar-refractivity contribution in [1.82, 2.24) is 4.98 Å². The Morgan fingerprint density at radius 3 is 2.94 bits per heavy atom. The topological polar surface area (TPSA) is 42.2 Å². The van der Waals surface area contributed by atoms with Crippen molar-refractivity contribution in [3.05, 3.63) is 39.3 Å². The van der Waals surface area contributed by atoms with Crippen molar-refractivity contribution in [2.75, 3.05) is 17.2 Å². The number of fused-ring (bicyclic) bond motifs is 1. The number of nitrogen functional groups attached to an aromatic ring is 1. The van der Waals surface area contributed by atoms with Crippen LogP contribution in [0.5, 0.6) is 0 Å². The van der Waals surface area contributed by atoms with Gasteiger partial charge in [-0.1, -0.05) is 0 Å². The molecule has 0 amide bonds. The van der Waals surface area contributed by atoms with Gasteiger partial charge in [0, 0.05) is 22.8 Å². The van der Waals surface area contributed by atoms with Gasteiger partial charge in [0.05, 0.1) is 12.2 Å². The molecule has 18 heavy (non-hydrogen) atoms. The first kappa shape index (κ1) is 11.5. The predicted octanol–water partition coefficient (Wildman–Crippen LogP) is 2.90. The van der Waals surface area contributed by atoms with E-state index in [1.54, 1.807) is 11.3 Å².